The molecule has 0 unspecified atom stereocenters. The molecular weight excluding hydrogens is 393 g/mol. The summed E-state index contributed by atoms with van der Waals surface area (Å²) in [5.41, 5.74) is 0.427. The van der Waals surface area contributed by atoms with Crippen LogP contribution >= 0.6 is 22.9 Å². The summed E-state index contributed by atoms with van der Waals surface area (Å²) in [5.74, 6) is -1.28. The average Bonchev–Trinajstić information content (AvgIpc) is 3.01. The number of ether oxygens (including phenoxy) is 1. The first kappa shape index (κ1) is 19.1. The molecule has 27 heavy (non-hydrogen) atoms. The van der Waals surface area contributed by atoms with Gasteiger partial charge >= 0.3 is 0 Å². The van der Waals surface area contributed by atoms with E-state index in [0.29, 0.717) is 11.7 Å². The highest BCUT2D eigenvalue weighted by atomic mass is 35.5. The number of halogens is 2. The summed E-state index contributed by atoms with van der Waals surface area (Å²) >= 11 is 7.11. The quantitative estimate of drug-likeness (QED) is 0.650. The van der Waals surface area contributed by atoms with E-state index in [9.17, 15) is 14.0 Å². The molecule has 0 aliphatic carbocycles. The summed E-state index contributed by atoms with van der Waals surface area (Å²) in [6.07, 6.45) is 0. The molecule has 2 amide bonds. The van der Waals surface area contributed by atoms with E-state index in [2.05, 4.69) is 15.6 Å². The van der Waals surface area contributed by atoms with Crippen molar-refractivity contribution in [3.63, 3.8) is 0 Å². The molecule has 0 bridgehead atoms. The van der Waals surface area contributed by atoms with Gasteiger partial charge in [0.25, 0.3) is 5.91 Å². The summed E-state index contributed by atoms with van der Waals surface area (Å²) < 4.78 is 20.0. The second-order valence-electron chi connectivity index (χ2n) is 5.41. The second kappa shape index (κ2) is 8.32. The number of carbonyl (C=O) groups excluding carboxylic acids is 2. The Hall–Kier alpha value is -2.71. The number of carbonyl (C=O) groups is 2. The standard InChI is InChI=1S/C18H15ClFN3O3S/c1-2-26-10-6-7-13-14(8-10)27-18(22-13)23-15(24)9-21-17(25)16-11(19)4-3-5-12(16)20/h3-8H,2,9H2,1H3,(H,21,25)(H,22,23,24). The number of aromatic nitrogens is 1. The Morgan fingerprint density at radius 3 is 2.85 bits per heavy atom. The molecule has 0 fully saturated rings. The molecule has 0 aliphatic rings. The zero-order chi connectivity index (χ0) is 19.4. The lowest BCUT2D eigenvalue weighted by Crippen LogP contribution is -2.33. The number of anilines is 1. The third kappa shape index (κ3) is 4.53. The van der Waals surface area contributed by atoms with Crippen molar-refractivity contribution >= 4 is 50.1 Å². The molecule has 2 aromatic carbocycles. The zero-order valence-electron chi connectivity index (χ0n) is 14.2. The van der Waals surface area contributed by atoms with Crippen molar-refractivity contribution in [3.8, 4) is 5.75 Å². The van der Waals surface area contributed by atoms with Crippen LogP contribution in [0.25, 0.3) is 10.2 Å². The minimum atomic E-state index is -0.765. The van der Waals surface area contributed by atoms with Gasteiger partial charge in [-0.3, -0.25) is 9.59 Å². The van der Waals surface area contributed by atoms with Crippen molar-refractivity contribution in [2.24, 2.45) is 0 Å². The molecule has 3 rings (SSSR count). The second-order valence-corrected chi connectivity index (χ2v) is 6.85. The third-order valence-corrected chi connectivity index (χ3v) is 4.77. The fourth-order valence-corrected chi connectivity index (χ4v) is 3.50. The maximum absolute atomic E-state index is 13.7. The maximum Gasteiger partial charge on any atom is 0.256 e. The van der Waals surface area contributed by atoms with Crippen LogP contribution in [0.2, 0.25) is 5.02 Å². The van der Waals surface area contributed by atoms with Gasteiger partial charge < -0.3 is 15.4 Å². The van der Waals surface area contributed by atoms with Gasteiger partial charge in [-0.1, -0.05) is 29.0 Å². The number of rotatable bonds is 6. The van der Waals surface area contributed by atoms with Crippen LogP contribution in [0.3, 0.4) is 0 Å². The Morgan fingerprint density at radius 2 is 2.11 bits per heavy atom. The minimum absolute atomic E-state index is 0.0239. The van der Waals surface area contributed by atoms with Gasteiger partial charge in [-0.2, -0.15) is 0 Å². The minimum Gasteiger partial charge on any atom is -0.494 e. The number of thiazole rings is 1. The number of nitrogens with one attached hydrogen (secondary N) is 2. The Balaban J connectivity index is 1.62. The molecule has 3 aromatic rings. The fourth-order valence-electron chi connectivity index (χ4n) is 2.34. The van der Waals surface area contributed by atoms with E-state index >= 15 is 0 Å². The molecule has 0 atom stereocenters. The highest BCUT2D eigenvalue weighted by molar-refractivity contribution is 7.22. The van der Waals surface area contributed by atoms with Crippen LogP contribution in [0.15, 0.2) is 36.4 Å². The zero-order valence-corrected chi connectivity index (χ0v) is 15.8. The van der Waals surface area contributed by atoms with Crippen LogP contribution in [0.5, 0.6) is 5.75 Å². The lowest BCUT2D eigenvalue weighted by molar-refractivity contribution is -0.115. The summed E-state index contributed by atoms with van der Waals surface area (Å²) in [4.78, 5) is 28.4. The number of hydrogen-bond donors (Lipinski definition) is 2. The summed E-state index contributed by atoms with van der Waals surface area (Å²) in [6, 6.07) is 9.36. The topological polar surface area (TPSA) is 80.3 Å². The highest BCUT2D eigenvalue weighted by Gasteiger charge is 2.17. The Morgan fingerprint density at radius 1 is 1.30 bits per heavy atom. The number of fused-ring (bicyclic) bond motifs is 1. The van der Waals surface area contributed by atoms with E-state index in [1.54, 1.807) is 12.1 Å². The van der Waals surface area contributed by atoms with Gasteiger partial charge in [0.2, 0.25) is 5.91 Å². The number of nitrogens with zero attached hydrogens (tertiary/aromatic N) is 1. The molecule has 9 heteroatoms. The molecule has 0 spiro atoms. The smallest absolute Gasteiger partial charge is 0.256 e. The van der Waals surface area contributed by atoms with E-state index in [1.165, 1.54) is 23.5 Å². The largest absolute Gasteiger partial charge is 0.494 e. The first-order valence-corrected chi connectivity index (χ1v) is 9.23. The lowest BCUT2D eigenvalue weighted by atomic mass is 10.2. The average molecular weight is 408 g/mol. The Bertz CT molecular complexity index is 988. The predicted octanol–water partition coefficient (Wildman–Crippen LogP) is 3.86. The van der Waals surface area contributed by atoms with Crippen LogP contribution in [-0.2, 0) is 4.79 Å². The first-order valence-electron chi connectivity index (χ1n) is 8.03. The van der Waals surface area contributed by atoms with Crippen molar-refractivity contribution in [1.82, 2.24) is 10.3 Å². The van der Waals surface area contributed by atoms with Crippen molar-refractivity contribution in [2.75, 3.05) is 18.5 Å². The number of hydrogen-bond acceptors (Lipinski definition) is 5. The van der Waals surface area contributed by atoms with Gasteiger partial charge in [0.15, 0.2) is 5.13 Å². The lowest BCUT2D eigenvalue weighted by Gasteiger charge is -2.07. The molecule has 0 saturated heterocycles. The summed E-state index contributed by atoms with van der Waals surface area (Å²) in [5, 5.41) is 5.31. The fraction of sp³-hybridized carbons (Fsp3) is 0.167. The van der Waals surface area contributed by atoms with Gasteiger partial charge in [-0.25, -0.2) is 9.37 Å². The van der Waals surface area contributed by atoms with Crippen LogP contribution in [0.4, 0.5) is 9.52 Å². The Kier molecular flexibility index (Phi) is 5.88. The molecule has 2 N–H and O–H groups in total. The van der Waals surface area contributed by atoms with Crippen LogP contribution in [0.1, 0.15) is 17.3 Å². The van der Waals surface area contributed by atoms with Crippen LogP contribution in [-0.4, -0.2) is 29.9 Å². The van der Waals surface area contributed by atoms with E-state index in [1.807, 2.05) is 13.0 Å². The van der Waals surface area contributed by atoms with Gasteiger partial charge in [0.1, 0.15) is 11.6 Å². The van der Waals surface area contributed by atoms with Crippen molar-refractivity contribution < 1.29 is 18.7 Å². The van der Waals surface area contributed by atoms with Gasteiger partial charge in [0.05, 0.1) is 34.0 Å². The van der Waals surface area contributed by atoms with E-state index in [4.69, 9.17) is 16.3 Å². The van der Waals surface area contributed by atoms with Gasteiger partial charge in [0, 0.05) is 0 Å². The van der Waals surface area contributed by atoms with E-state index in [0.717, 1.165) is 22.0 Å². The third-order valence-electron chi connectivity index (χ3n) is 3.52. The Labute approximate surface area is 163 Å². The maximum atomic E-state index is 13.7. The molecule has 6 nitrogen and oxygen atoms in total. The molecule has 1 heterocycles. The molecular formula is C18H15ClFN3O3S. The van der Waals surface area contributed by atoms with Crippen molar-refractivity contribution in [3.05, 3.63) is 52.8 Å². The van der Waals surface area contributed by atoms with E-state index < -0.39 is 17.6 Å². The molecule has 140 valence electrons. The SMILES string of the molecule is CCOc1ccc2nc(NC(=O)CNC(=O)c3c(F)cccc3Cl)sc2c1. The summed E-state index contributed by atoms with van der Waals surface area (Å²) in [7, 11) is 0. The highest BCUT2D eigenvalue weighted by Crippen LogP contribution is 2.29. The molecule has 1 aromatic heterocycles. The molecule has 0 saturated carbocycles. The molecule has 0 radical (unpaired) electrons. The summed E-state index contributed by atoms with van der Waals surface area (Å²) in [6.45, 7) is 2.11. The first-order chi connectivity index (χ1) is 13.0. The van der Waals surface area contributed by atoms with Crippen LogP contribution in [0, 0.1) is 5.82 Å². The van der Waals surface area contributed by atoms with Crippen LogP contribution < -0.4 is 15.4 Å². The van der Waals surface area contributed by atoms with Gasteiger partial charge in [-0.15, -0.1) is 0 Å². The number of benzene rings is 2. The number of amides is 2. The monoisotopic (exact) mass is 407 g/mol. The molecule has 0 aliphatic heterocycles. The normalized spacial score (nSPS) is 10.6. The van der Waals surface area contributed by atoms with Crippen molar-refractivity contribution in [2.45, 2.75) is 6.92 Å². The van der Waals surface area contributed by atoms with Crippen molar-refractivity contribution in [1.29, 1.82) is 0 Å². The van der Waals surface area contributed by atoms with E-state index in [-0.39, 0.29) is 17.1 Å². The predicted molar refractivity (Wildman–Crippen MR) is 103 cm³/mol. The van der Waals surface area contributed by atoms with Gasteiger partial charge in [-0.05, 0) is 37.3 Å².